The number of imidazole rings is 1. The normalized spacial score (nSPS) is 10.8. The summed E-state index contributed by atoms with van der Waals surface area (Å²) >= 11 is 5.80. The molecule has 0 N–H and O–H groups in total. The second-order valence-electron chi connectivity index (χ2n) is 5.20. The first-order valence-electron chi connectivity index (χ1n) is 6.99. The minimum absolute atomic E-state index is 0.0940. The predicted octanol–water partition coefficient (Wildman–Crippen LogP) is 3.56. The van der Waals surface area contributed by atoms with Gasteiger partial charge in [0, 0.05) is 23.5 Å². The third-order valence-corrected chi connectivity index (χ3v) is 3.61. The molecule has 8 heteroatoms. The molecule has 0 aliphatic carbocycles. The molecule has 0 spiro atoms. The number of ether oxygens (including phenoxy) is 1. The first kappa shape index (κ1) is 15.9. The third kappa shape index (κ3) is 3.21. The van der Waals surface area contributed by atoms with Gasteiger partial charge in [0.25, 0.3) is 5.69 Å². The van der Waals surface area contributed by atoms with Crippen molar-refractivity contribution in [2.45, 2.75) is 13.5 Å². The summed E-state index contributed by atoms with van der Waals surface area (Å²) in [7, 11) is 0. The van der Waals surface area contributed by atoms with Crippen molar-refractivity contribution in [1.29, 1.82) is 0 Å². The number of rotatable bonds is 4. The van der Waals surface area contributed by atoms with Crippen LogP contribution in [-0.2, 0) is 11.3 Å². The Kier molecular flexibility index (Phi) is 4.18. The van der Waals surface area contributed by atoms with E-state index in [4.69, 9.17) is 16.3 Å². The van der Waals surface area contributed by atoms with Crippen LogP contribution in [0.3, 0.4) is 0 Å². The SMILES string of the molecule is Cc1ccc2nc(COC(=O)c3cc(Cl)ccc3[N+](=O)[O-])cn2c1. The lowest BCUT2D eigenvalue weighted by molar-refractivity contribution is -0.385. The molecular formula is C16H12ClN3O4. The van der Waals surface area contributed by atoms with Crippen molar-refractivity contribution in [3.05, 3.63) is 74.7 Å². The van der Waals surface area contributed by atoms with Gasteiger partial charge in [0.1, 0.15) is 17.8 Å². The van der Waals surface area contributed by atoms with Crippen LogP contribution in [0.5, 0.6) is 0 Å². The molecule has 0 unspecified atom stereocenters. The number of carbonyl (C=O) groups excluding carboxylic acids is 1. The van der Waals surface area contributed by atoms with Crippen molar-refractivity contribution < 1.29 is 14.5 Å². The lowest BCUT2D eigenvalue weighted by atomic mass is 10.2. The number of carbonyl (C=O) groups is 1. The first-order valence-corrected chi connectivity index (χ1v) is 7.37. The maximum absolute atomic E-state index is 12.1. The maximum Gasteiger partial charge on any atom is 0.345 e. The molecule has 0 bridgehead atoms. The number of nitro benzene ring substituents is 1. The van der Waals surface area contributed by atoms with E-state index < -0.39 is 10.9 Å². The monoisotopic (exact) mass is 345 g/mol. The highest BCUT2D eigenvalue weighted by Crippen LogP contribution is 2.23. The highest BCUT2D eigenvalue weighted by Gasteiger charge is 2.22. The summed E-state index contributed by atoms with van der Waals surface area (Å²) in [4.78, 5) is 26.8. The van der Waals surface area contributed by atoms with E-state index in [1.807, 2.05) is 29.7 Å². The lowest BCUT2D eigenvalue weighted by Gasteiger charge is -2.04. The fourth-order valence-electron chi connectivity index (χ4n) is 2.27. The highest BCUT2D eigenvalue weighted by atomic mass is 35.5. The topological polar surface area (TPSA) is 86.7 Å². The molecule has 0 atom stereocenters. The van der Waals surface area contributed by atoms with Crippen molar-refractivity contribution in [1.82, 2.24) is 9.38 Å². The van der Waals surface area contributed by atoms with Crippen LogP contribution in [-0.4, -0.2) is 20.3 Å². The highest BCUT2D eigenvalue weighted by molar-refractivity contribution is 6.31. The molecule has 1 aromatic carbocycles. The molecule has 3 aromatic rings. The number of esters is 1. The van der Waals surface area contributed by atoms with E-state index in [-0.39, 0.29) is 22.9 Å². The van der Waals surface area contributed by atoms with Crippen LogP contribution in [0.2, 0.25) is 5.02 Å². The molecule has 0 radical (unpaired) electrons. The van der Waals surface area contributed by atoms with Crippen molar-refractivity contribution in [3.8, 4) is 0 Å². The molecule has 122 valence electrons. The zero-order valence-corrected chi connectivity index (χ0v) is 13.4. The Hall–Kier alpha value is -2.93. The first-order chi connectivity index (χ1) is 11.4. The van der Waals surface area contributed by atoms with E-state index in [0.717, 1.165) is 11.2 Å². The molecule has 2 aromatic heterocycles. The van der Waals surface area contributed by atoms with Gasteiger partial charge >= 0.3 is 5.97 Å². The van der Waals surface area contributed by atoms with Gasteiger partial charge in [0.2, 0.25) is 0 Å². The van der Waals surface area contributed by atoms with Crippen molar-refractivity contribution in [2.24, 2.45) is 0 Å². The van der Waals surface area contributed by atoms with Crippen LogP contribution in [0.1, 0.15) is 21.6 Å². The molecular weight excluding hydrogens is 334 g/mol. The number of nitrogens with zero attached hydrogens (tertiary/aromatic N) is 3. The Balaban J connectivity index is 1.79. The second-order valence-corrected chi connectivity index (χ2v) is 5.64. The molecule has 24 heavy (non-hydrogen) atoms. The quantitative estimate of drug-likeness (QED) is 0.410. The summed E-state index contributed by atoms with van der Waals surface area (Å²) in [6, 6.07) is 7.51. The average molecular weight is 346 g/mol. The molecule has 0 amide bonds. The van der Waals surface area contributed by atoms with E-state index in [9.17, 15) is 14.9 Å². The van der Waals surface area contributed by atoms with E-state index in [2.05, 4.69) is 4.98 Å². The van der Waals surface area contributed by atoms with Crippen LogP contribution in [0.25, 0.3) is 5.65 Å². The predicted molar refractivity (Wildman–Crippen MR) is 87.2 cm³/mol. The van der Waals surface area contributed by atoms with E-state index in [1.54, 1.807) is 6.20 Å². The number of halogens is 1. The Bertz CT molecular complexity index is 952. The third-order valence-electron chi connectivity index (χ3n) is 3.38. The van der Waals surface area contributed by atoms with Crippen LogP contribution in [0, 0.1) is 17.0 Å². The smallest absolute Gasteiger partial charge is 0.345 e. The molecule has 0 fully saturated rings. The lowest BCUT2D eigenvalue weighted by Crippen LogP contribution is -2.08. The summed E-state index contributed by atoms with van der Waals surface area (Å²) in [6.07, 6.45) is 3.64. The minimum atomic E-state index is -0.822. The standard InChI is InChI=1S/C16H12ClN3O4/c1-10-2-5-15-18-12(8-19(15)7-10)9-24-16(21)13-6-11(17)3-4-14(13)20(22)23/h2-8H,9H2,1H3. The van der Waals surface area contributed by atoms with Gasteiger partial charge in [-0.05, 0) is 30.7 Å². The zero-order valence-electron chi connectivity index (χ0n) is 12.6. The van der Waals surface area contributed by atoms with Crippen LogP contribution in [0.15, 0.2) is 42.7 Å². The molecule has 2 heterocycles. The zero-order chi connectivity index (χ0) is 17.3. The average Bonchev–Trinajstić information content (AvgIpc) is 2.94. The largest absolute Gasteiger partial charge is 0.455 e. The number of fused-ring (bicyclic) bond motifs is 1. The number of aryl methyl sites for hydroxylation is 1. The van der Waals surface area contributed by atoms with Gasteiger partial charge in [0.05, 0.1) is 10.6 Å². The summed E-state index contributed by atoms with van der Waals surface area (Å²) in [5.41, 5.74) is 1.79. The minimum Gasteiger partial charge on any atom is -0.455 e. The van der Waals surface area contributed by atoms with Crippen LogP contribution >= 0.6 is 11.6 Å². The van der Waals surface area contributed by atoms with Gasteiger partial charge in [-0.3, -0.25) is 10.1 Å². The van der Waals surface area contributed by atoms with E-state index >= 15 is 0 Å². The number of pyridine rings is 1. The molecule has 0 aliphatic rings. The van der Waals surface area contributed by atoms with Crippen LogP contribution in [0.4, 0.5) is 5.69 Å². The summed E-state index contributed by atoms with van der Waals surface area (Å²) in [5.74, 6) is -0.822. The number of benzene rings is 1. The summed E-state index contributed by atoms with van der Waals surface area (Å²) < 4.78 is 6.96. The van der Waals surface area contributed by atoms with Gasteiger partial charge in [0.15, 0.2) is 0 Å². The van der Waals surface area contributed by atoms with Gasteiger partial charge in [-0.25, -0.2) is 9.78 Å². The Labute approximate surface area is 141 Å². The Morgan fingerprint density at radius 1 is 1.33 bits per heavy atom. The number of aromatic nitrogens is 2. The second kappa shape index (κ2) is 6.29. The molecule has 0 saturated carbocycles. The number of hydrogen-bond acceptors (Lipinski definition) is 5. The Morgan fingerprint density at radius 3 is 2.88 bits per heavy atom. The molecule has 3 rings (SSSR count). The molecule has 7 nitrogen and oxygen atoms in total. The van der Waals surface area contributed by atoms with Gasteiger partial charge in [-0.2, -0.15) is 0 Å². The van der Waals surface area contributed by atoms with E-state index in [0.29, 0.717) is 5.69 Å². The fourth-order valence-corrected chi connectivity index (χ4v) is 2.45. The fraction of sp³-hybridized carbons (Fsp3) is 0.125. The summed E-state index contributed by atoms with van der Waals surface area (Å²) in [5, 5.41) is 11.2. The number of nitro groups is 1. The van der Waals surface area contributed by atoms with Gasteiger partial charge in [-0.1, -0.05) is 17.7 Å². The van der Waals surface area contributed by atoms with Crippen molar-refractivity contribution >= 4 is 28.9 Å². The van der Waals surface area contributed by atoms with Crippen LogP contribution < -0.4 is 0 Å². The van der Waals surface area contributed by atoms with Crippen molar-refractivity contribution in [3.63, 3.8) is 0 Å². The van der Waals surface area contributed by atoms with Gasteiger partial charge < -0.3 is 9.14 Å². The number of hydrogen-bond donors (Lipinski definition) is 0. The van der Waals surface area contributed by atoms with Crippen molar-refractivity contribution in [2.75, 3.05) is 0 Å². The summed E-state index contributed by atoms with van der Waals surface area (Å²) in [6.45, 7) is 1.86. The Morgan fingerprint density at radius 2 is 2.12 bits per heavy atom. The maximum atomic E-state index is 12.1. The molecule has 0 saturated heterocycles. The van der Waals surface area contributed by atoms with Gasteiger partial charge in [-0.15, -0.1) is 0 Å². The molecule has 0 aliphatic heterocycles. The van der Waals surface area contributed by atoms with E-state index in [1.165, 1.54) is 18.2 Å².